The van der Waals surface area contributed by atoms with Crippen LogP contribution >= 0.6 is 22.7 Å². The van der Waals surface area contributed by atoms with Gasteiger partial charge >= 0.3 is 16.5 Å². The van der Waals surface area contributed by atoms with E-state index >= 15 is 0 Å². The van der Waals surface area contributed by atoms with E-state index in [1.807, 2.05) is 22.2 Å². The summed E-state index contributed by atoms with van der Waals surface area (Å²) in [6, 6.07) is 8.84. The first-order valence-electron chi connectivity index (χ1n) is 8.53. The third kappa shape index (κ3) is 7.66. The first-order chi connectivity index (χ1) is 14.5. The van der Waals surface area contributed by atoms with Gasteiger partial charge in [0.05, 0.1) is 22.3 Å². The molecule has 3 aromatic rings. The van der Waals surface area contributed by atoms with Crippen LogP contribution in [0.1, 0.15) is 17.3 Å². The van der Waals surface area contributed by atoms with E-state index < -0.39 is 39.3 Å². The fourth-order valence-electron chi connectivity index (χ4n) is 2.61. The van der Waals surface area contributed by atoms with Gasteiger partial charge in [0.2, 0.25) is 0 Å². The number of anilines is 1. The number of aromatic nitrogens is 1. The highest BCUT2D eigenvalue weighted by atomic mass is 32.2. The van der Waals surface area contributed by atoms with Crippen molar-refractivity contribution in [1.82, 2.24) is 9.71 Å². The standard InChI is InChI=1S/C17H16F3N3O4S4/c18-17(19,20)10-30(24)22-13(14-9-29-16(21-14)15-2-1-7-28-15)8-11-3-5-12(6-4-11)23-31(25,26)27/h1-7,9,13,22-23H,8,10H2,(H,25,26,27)/t13-,30?/m0/s1. The lowest BCUT2D eigenvalue weighted by Gasteiger charge is -2.17. The largest absolute Gasteiger partial charge is 0.401 e. The highest BCUT2D eigenvalue weighted by Gasteiger charge is 2.32. The minimum Gasteiger partial charge on any atom is -0.269 e. The average molecular weight is 512 g/mol. The highest BCUT2D eigenvalue weighted by molar-refractivity contribution is 7.87. The van der Waals surface area contributed by atoms with E-state index in [-0.39, 0.29) is 12.1 Å². The molecule has 2 aromatic heterocycles. The lowest BCUT2D eigenvalue weighted by Crippen LogP contribution is -2.32. The molecule has 31 heavy (non-hydrogen) atoms. The van der Waals surface area contributed by atoms with E-state index in [4.69, 9.17) is 4.55 Å². The van der Waals surface area contributed by atoms with Gasteiger partial charge in [-0.15, -0.1) is 22.7 Å². The first-order valence-corrected chi connectivity index (χ1v) is 13.0. The van der Waals surface area contributed by atoms with E-state index in [9.17, 15) is 25.8 Å². The molecule has 0 amide bonds. The number of hydrogen-bond donors (Lipinski definition) is 3. The van der Waals surface area contributed by atoms with Crippen LogP contribution in [0.5, 0.6) is 0 Å². The van der Waals surface area contributed by atoms with Crippen LogP contribution in [0.4, 0.5) is 18.9 Å². The highest BCUT2D eigenvalue weighted by Crippen LogP contribution is 2.31. The monoisotopic (exact) mass is 511 g/mol. The Morgan fingerprint density at radius 1 is 1.16 bits per heavy atom. The summed E-state index contributed by atoms with van der Waals surface area (Å²) in [6.07, 6.45) is -4.43. The zero-order valence-corrected chi connectivity index (χ0v) is 18.8. The van der Waals surface area contributed by atoms with Gasteiger partial charge in [-0.05, 0) is 35.6 Å². The number of nitrogens with one attached hydrogen (secondary N) is 2. The van der Waals surface area contributed by atoms with E-state index in [2.05, 4.69) is 9.71 Å². The van der Waals surface area contributed by atoms with Crippen molar-refractivity contribution in [1.29, 1.82) is 0 Å². The van der Waals surface area contributed by atoms with E-state index in [1.54, 1.807) is 17.5 Å². The summed E-state index contributed by atoms with van der Waals surface area (Å²) in [5, 5.41) is 4.28. The molecular weight excluding hydrogens is 495 g/mol. The molecule has 14 heteroatoms. The van der Waals surface area contributed by atoms with Gasteiger partial charge in [-0.3, -0.25) is 9.27 Å². The van der Waals surface area contributed by atoms with Crippen molar-refractivity contribution in [2.45, 2.75) is 18.6 Å². The molecule has 3 N–H and O–H groups in total. The number of rotatable bonds is 9. The number of hydrogen-bond acceptors (Lipinski definition) is 6. The van der Waals surface area contributed by atoms with Crippen LogP contribution in [0.2, 0.25) is 0 Å². The molecule has 0 aliphatic carbocycles. The number of halogens is 3. The Hall–Kier alpha value is -1.84. The molecule has 0 bridgehead atoms. The zero-order chi connectivity index (χ0) is 22.6. The summed E-state index contributed by atoms with van der Waals surface area (Å²) >= 11 is 2.80. The normalized spacial score (nSPS) is 14.3. The smallest absolute Gasteiger partial charge is 0.269 e. The molecule has 0 aliphatic heterocycles. The molecule has 168 valence electrons. The van der Waals surface area contributed by atoms with Crippen molar-refractivity contribution in [3.05, 3.63) is 58.4 Å². The van der Waals surface area contributed by atoms with Crippen molar-refractivity contribution in [2.75, 3.05) is 10.5 Å². The second-order valence-electron chi connectivity index (χ2n) is 6.31. The summed E-state index contributed by atoms with van der Waals surface area (Å²) in [4.78, 5) is 5.40. The maximum absolute atomic E-state index is 12.6. The van der Waals surface area contributed by atoms with Crippen LogP contribution in [0.3, 0.4) is 0 Å². The summed E-state index contributed by atoms with van der Waals surface area (Å²) in [6.45, 7) is 0. The number of thiazole rings is 1. The predicted octanol–water partition coefficient (Wildman–Crippen LogP) is 4.19. The molecule has 0 fully saturated rings. The molecule has 2 atom stereocenters. The van der Waals surface area contributed by atoms with Crippen molar-refractivity contribution < 1.29 is 30.4 Å². The Kier molecular flexibility index (Phi) is 7.49. The summed E-state index contributed by atoms with van der Waals surface area (Å²) in [5.74, 6) is -1.50. The van der Waals surface area contributed by atoms with Crippen LogP contribution in [-0.4, -0.2) is 34.1 Å². The summed E-state index contributed by atoms with van der Waals surface area (Å²) in [5.41, 5.74) is 1.20. The fraction of sp³-hybridized carbons (Fsp3) is 0.235. The quantitative estimate of drug-likeness (QED) is 0.374. The molecule has 0 saturated carbocycles. The number of alkyl halides is 3. The van der Waals surface area contributed by atoms with Crippen molar-refractivity contribution in [2.24, 2.45) is 0 Å². The molecule has 0 saturated heterocycles. The van der Waals surface area contributed by atoms with E-state index in [0.29, 0.717) is 16.3 Å². The molecule has 0 radical (unpaired) electrons. The van der Waals surface area contributed by atoms with Crippen LogP contribution in [0.25, 0.3) is 9.88 Å². The van der Waals surface area contributed by atoms with Crippen molar-refractivity contribution in [3.63, 3.8) is 0 Å². The maximum Gasteiger partial charge on any atom is 0.401 e. The molecular formula is C17H16F3N3O4S4. The third-order valence-electron chi connectivity index (χ3n) is 3.82. The average Bonchev–Trinajstić information content (AvgIpc) is 3.31. The Morgan fingerprint density at radius 3 is 2.45 bits per heavy atom. The Labute approximate surface area is 186 Å². The molecule has 2 heterocycles. The molecule has 1 unspecified atom stereocenters. The van der Waals surface area contributed by atoms with Crippen LogP contribution in [-0.2, 0) is 27.7 Å². The van der Waals surface area contributed by atoms with Crippen molar-refractivity contribution in [3.8, 4) is 9.88 Å². The Bertz CT molecular complexity index is 1130. The van der Waals surface area contributed by atoms with Crippen LogP contribution in [0, 0.1) is 0 Å². The third-order valence-corrected chi connectivity index (χ3v) is 7.35. The van der Waals surface area contributed by atoms with Crippen LogP contribution < -0.4 is 9.44 Å². The summed E-state index contributed by atoms with van der Waals surface area (Å²) in [7, 11) is -6.80. The number of thiophene rings is 1. The van der Waals surface area contributed by atoms with Gasteiger partial charge in [-0.25, -0.2) is 13.9 Å². The maximum atomic E-state index is 12.6. The lowest BCUT2D eigenvalue weighted by molar-refractivity contribution is -0.106. The van der Waals surface area contributed by atoms with E-state index in [0.717, 1.165) is 4.88 Å². The number of nitrogens with zero attached hydrogens (tertiary/aromatic N) is 1. The minimum atomic E-state index is -4.59. The molecule has 7 nitrogen and oxygen atoms in total. The van der Waals surface area contributed by atoms with Gasteiger partial charge in [0, 0.05) is 5.38 Å². The fourth-order valence-corrected chi connectivity index (χ4v) is 5.63. The second kappa shape index (κ2) is 9.75. The van der Waals surface area contributed by atoms with Crippen molar-refractivity contribution >= 4 is 49.7 Å². The van der Waals surface area contributed by atoms with Gasteiger partial charge in [-0.1, -0.05) is 18.2 Å². The second-order valence-corrected chi connectivity index (χ2v) is 10.5. The molecule has 0 spiro atoms. The Morgan fingerprint density at radius 2 is 1.87 bits per heavy atom. The number of benzene rings is 1. The lowest BCUT2D eigenvalue weighted by atomic mass is 10.0. The van der Waals surface area contributed by atoms with Gasteiger partial charge < -0.3 is 0 Å². The molecule has 3 rings (SSSR count). The minimum absolute atomic E-state index is 0.116. The van der Waals surface area contributed by atoms with Gasteiger partial charge in [0.1, 0.15) is 21.7 Å². The van der Waals surface area contributed by atoms with E-state index in [1.165, 1.54) is 34.8 Å². The van der Waals surface area contributed by atoms with Crippen LogP contribution in [0.15, 0.2) is 47.2 Å². The SMILES string of the molecule is O=S(CC(F)(F)F)N[C@@H](Cc1ccc(NS(=O)(=O)O)cc1)c1csc(-c2cccs2)n1. The summed E-state index contributed by atoms with van der Waals surface area (Å²) < 4.78 is 84.9. The predicted molar refractivity (Wildman–Crippen MR) is 116 cm³/mol. The first kappa shape index (κ1) is 23.8. The van der Waals surface area contributed by atoms with Gasteiger partial charge in [0.15, 0.2) is 0 Å². The topological polar surface area (TPSA) is 108 Å². The zero-order valence-electron chi connectivity index (χ0n) is 15.5. The van der Waals surface area contributed by atoms with Gasteiger partial charge in [-0.2, -0.15) is 21.6 Å². The van der Waals surface area contributed by atoms with Gasteiger partial charge in [0.25, 0.3) is 0 Å². The Balaban J connectivity index is 1.81. The molecule has 1 aromatic carbocycles. The molecule has 0 aliphatic rings.